The van der Waals surface area contributed by atoms with Crippen molar-refractivity contribution in [3.05, 3.63) is 16.4 Å². The summed E-state index contributed by atoms with van der Waals surface area (Å²) in [5, 5.41) is 4.24. The third-order valence-electron chi connectivity index (χ3n) is 3.12. The van der Waals surface area contributed by atoms with Gasteiger partial charge in [0.25, 0.3) is 0 Å². The second-order valence-corrected chi connectivity index (χ2v) is 5.50. The first-order chi connectivity index (χ1) is 8.69. The number of hydrogen-bond acceptors (Lipinski definition) is 3. The highest BCUT2D eigenvalue weighted by Crippen LogP contribution is 2.36. The van der Waals surface area contributed by atoms with E-state index in [9.17, 15) is 4.79 Å². The topological polar surface area (TPSA) is 44.1 Å². The van der Waals surface area contributed by atoms with Gasteiger partial charge in [0.2, 0.25) is 5.78 Å². The molecule has 0 bridgehead atoms. The van der Waals surface area contributed by atoms with Gasteiger partial charge in [-0.05, 0) is 48.0 Å². The molecule has 0 spiro atoms. The summed E-state index contributed by atoms with van der Waals surface area (Å²) in [6.07, 6.45) is 4.54. The minimum absolute atomic E-state index is 0.0668. The Labute approximate surface area is 116 Å². The highest BCUT2D eigenvalue weighted by Gasteiger charge is 2.39. The van der Waals surface area contributed by atoms with Crippen molar-refractivity contribution < 1.29 is 9.53 Å². The maximum absolute atomic E-state index is 12.6. The zero-order valence-corrected chi connectivity index (χ0v) is 12.4. The highest BCUT2D eigenvalue weighted by molar-refractivity contribution is 9.10. The van der Waals surface area contributed by atoms with Crippen LogP contribution in [0.1, 0.15) is 43.6 Å². The predicted octanol–water partition coefficient (Wildman–Crippen LogP) is 3.05. The zero-order valence-electron chi connectivity index (χ0n) is 10.9. The summed E-state index contributed by atoms with van der Waals surface area (Å²) in [7, 11) is 0. The van der Waals surface area contributed by atoms with E-state index < -0.39 is 0 Å². The van der Waals surface area contributed by atoms with Crippen molar-refractivity contribution in [2.24, 2.45) is 5.92 Å². The van der Waals surface area contributed by atoms with E-state index in [1.807, 2.05) is 6.92 Å². The Kier molecular flexibility index (Phi) is 4.56. The van der Waals surface area contributed by atoms with Gasteiger partial charge in [-0.3, -0.25) is 9.48 Å². The third kappa shape index (κ3) is 2.83. The molecule has 1 aliphatic rings. The predicted molar refractivity (Wildman–Crippen MR) is 72.7 cm³/mol. The van der Waals surface area contributed by atoms with Crippen LogP contribution in [0.5, 0.6) is 0 Å². The molecule has 1 saturated carbocycles. The molecule has 0 amide bonds. The molecule has 0 radical (unpaired) electrons. The lowest BCUT2D eigenvalue weighted by molar-refractivity contribution is 0.0364. The molecule has 4 nitrogen and oxygen atoms in total. The van der Waals surface area contributed by atoms with Crippen molar-refractivity contribution in [2.45, 2.75) is 45.8 Å². The van der Waals surface area contributed by atoms with E-state index in [2.05, 4.69) is 28.0 Å². The van der Waals surface area contributed by atoms with Gasteiger partial charge < -0.3 is 4.74 Å². The van der Waals surface area contributed by atoms with E-state index in [4.69, 9.17) is 4.74 Å². The van der Waals surface area contributed by atoms with Crippen molar-refractivity contribution in [1.29, 1.82) is 0 Å². The molecule has 1 aromatic heterocycles. The Bertz CT molecular complexity index is 427. The van der Waals surface area contributed by atoms with Crippen LogP contribution < -0.4 is 0 Å². The van der Waals surface area contributed by atoms with Crippen molar-refractivity contribution >= 4 is 21.7 Å². The molecule has 1 heterocycles. The number of hydrogen-bond donors (Lipinski definition) is 0. The van der Waals surface area contributed by atoms with Crippen LogP contribution in [0.15, 0.2) is 10.7 Å². The van der Waals surface area contributed by atoms with Crippen molar-refractivity contribution in [2.75, 3.05) is 6.61 Å². The summed E-state index contributed by atoms with van der Waals surface area (Å²) >= 11 is 3.42. The molecule has 1 unspecified atom stereocenters. The quantitative estimate of drug-likeness (QED) is 0.726. The van der Waals surface area contributed by atoms with Crippen molar-refractivity contribution in [3.63, 3.8) is 0 Å². The number of rotatable bonds is 7. The van der Waals surface area contributed by atoms with Gasteiger partial charge in [0.05, 0.1) is 10.7 Å². The lowest BCUT2D eigenvalue weighted by Crippen LogP contribution is -2.29. The van der Waals surface area contributed by atoms with Gasteiger partial charge in [-0.2, -0.15) is 5.10 Å². The van der Waals surface area contributed by atoms with E-state index in [0.717, 1.165) is 30.3 Å². The summed E-state index contributed by atoms with van der Waals surface area (Å²) in [6, 6.07) is 0. The summed E-state index contributed by atoms with van der Waals surface area (Å²) in [5.41, 5.74) is 0.655. The van der Waals surface area contributed by atoms with Crippen LogP contribution in [0.2, 0.25) is 0 Å². The van der Waals surface area contributed by atoms with E-state index in [0.29, 0.717) is 18.2 Å². The van der Waals surface area contributed by atoms with Crippen molar-refractivity contribution in [3.8, 4) is 0 Å². The molecule has 1 aromatic rings. The number of ketones is 1. The van der Waals surface area contributed by atoms with Crippen molar-refractivity contribution in [1.82, 2.24) is 9.78 Å². The number of ether oxygens (including phenoxy) is 1. The van der Waals surface area contributed by atoms with Gasteiger partial charge in [-0.25, -0.2) is 0 Å². The Morgan fingerprint density at radius 3 is 2.89 bits per heavy atom. The fourth-order valence-electron chi connectivity index (χ4n) is 2.13. The van der Waals surface area contributed by atoms with Crippen LogP contribution >= 0.6 is 15.9 Å². The molecule has 100 valence electrons. The Balaban J connectivity index is 2.22. The molecule has 2 rings (SSSR count). The lowest BCUT2D eigenvalue weighted by Gasteiger charge is -2.16. The average Bonchev–Trinajstić information content (AvgIpc) is 3.11. The van der Waals surface area contributed by atoms with E-state index in [1.54, 1.807) is 10.9 Å². The van der Waals surface area contributed by atoms with Crippen LogP contribution in [0.3, 0.4) is 0 Å². The normalized spacial score (nSPS) is 16.8. The number of aromatic nitrogens is 2. The number of halogens is 1. The molecule has 0 N–H and O–H groups in total. The second kappa shape index (κ2) is 5.97. The van der Waals surface area contributed by atoms with E-state index in [-0.39, 0.29) is 11.9 Å². The molecule has 5 heteroatoms. The standard InChI is InChI=1S/C13H19BrN2O2/c1-3-7-16-11(10(14)8-15-16)12(17)13(18-4-2)9-5-6-9/h8-9,13H,3-7H2,1-2H3. The lowest BCUT2D eigenvalue weighted by atomic mass is 10.1. The van der Waals surface area contributed by atoms with Gasteiger partial charge in [-0.1, -0.05) is 6.92 Å². The van der Waals surface area contributed by atoms with Gasteiger partial charge in [0, 0.05) is 13.2 Å². The number of aryl methyl sites for hydroxylation is 1. The fraction of sp³-hybridized carbons (Fsp3) is 0.692. The Morgan fingerprint density at radius 2 is 2.33 bits per heavy atom. The van der Waals surface area contributed by atoms with E-state index >= 15 is 0 Å². The first-order valence-corrected chi connectivity index (χ1v) is 7.35. The number of carbonyl (C=O) groups is 1. The molecule has 0 saturated heterocycles. The van der Waals surface area contributed by atoms with Gasteiger partial charge in [-0.15, -0.1) is 0 Å². The van der Waals surface area contributed by atoms with Crippen LogP contribution in [-0.2, 0) is 11.3 Å². The molecule has 1 aliphatic carbocycles. The average molecular weight is 315 g/mol. The van der Waals surface area contributed by atoms with Crippen LogP contribution in [0, 0.1) is 5.92 Å². The molecular formula is C13H19BrN2O2. The van der Waals surface area contributed by atoms with Crippen LogP contribution in [0.4, 0.5) is 0 Å². The van der Waals surface area contributed by atoms with Gasteiger partial charge >= 0.3 is 0 Å². The number of nitrogens with zero attached hydrogens (tertiary/aromatic N) is 2. The fourth-order valence-corrected chi connectivity index (χ4v) is 2.62. The first kappa shape index (κ1) is 13.7. The molecule has 1 fully saturated rings. The minimum atomic E-state index is -0.293. The first-order valence-electron chi connectivity index (χ1n) is 6.56. The maximum Gasteiger partial charge on any atom is 0.210 e. The summed E-state index contributed by atoms with van der Waals surface area (Å²) < 4.78 is 8.18. The van der Waals surface area contributed by atoms with Gasteiger partial charge in [0.1, 0.15) is 11.8 Å². The zero-order chi connectivity index (χ0) is 13.1. The summed E-state index contributed by atoms with van der Waals surface area (Å²) in [6.45, 7) is 5.34. The Morgan fingerprint density at radius 1 is 1.61 bits per heavy atom. The third-order valence-corrected chi connectivity index (χ3v) is 3.70. The molecule has 1 atom stereocenters. The molecular weight excluding hydrogens is 296 g/mol. The summed E-state index contributed by atoms with van der Waals surface area (Å²) in [4.78, 5) is 12.6. The monoisotopic (exact) mass is 314 g/mol. The molecule has 0 aliphatic heterocycles. The maximum atomic E-state index is 12.6. The smallest absolute Gasteiger partial charge is 0.210 e. The van der Waals surface area contributed by atoms with E-state index in [1.165, 1.54) is 0 Å². The van der Waals surface area contributed by atoms with Crippen LogP contribution in [0.25, 0.3) is 0 Å². The molecule has 18 heavy (non-hydrogen) atoms. The summed E-state index contributed by atoms with van der Waals surface area (Å²) in [5.74, 6) is 0.464. The minimum Gasteiger partial charge on any atom is -0.370 e. The Hall–Kier alpha value is -0.680. The SMILES string of the molecule is CCCn1ncc(Br)c1C(=O)C(OCC)C1CC1. The van der Waals surface area contributed by atoms with Gasteiger partial charge in [0.15, 0.2) is 0 Å². The molecule has 0 aromatic carbocycles. The number of Topliss-reactive ketones (excluding diaryl/α,β-unsaturated/α-hetero) is 1. The second-order valence-electron chi connectivity index (χ2n) is 4.64. The number of carbonyl (C=O) groups excluding carboxylic acids is 1. The highest BCUT2D eigenvalue weighted by atomic mass is 79.9. The largest absolute Gasteiger partial charge is 0.370 e. The van der Waals surface area contributed by atoms with Crippen LogP contribution in [-0.4, -0.2) is 28.3 Å².